The van der Waals surface area contributed by atoms with E-state index < -0.39 is 0 Å². The van der Waals surface area contributed by atoms with Crippen molar-refractivity contribution in [3.05, 3.63) is 23.8 Å². The summed E-state index contributed by atoms with van der Waals surface area (Å²) in [5.41, 5.74) is 2.34. The summed E-state index contributed by atoms with van der Waals surface area (Å²) in [6.45, 7) is 7.85. The lowest BCUT2D eigenvalue weighted by Gasteiger charge is -2.36. The maximum atomic E-state index is 5.82. The van der Waals surface area contributed by atoms with Crippen LogP contribution >= 0.6 is 0 Å². The van der Waals surface area contributed by atoms with Gasteiger partial charge in [0, 0.05) is 12.6 Å². The number of hydrogen-bond acceptors (Lipinski definition) is 3. The summed E-state index contributed by atoms with van der Waals surface area (Å²) in [5.74, 6) is 0.974. The summed E-state index contributed by atoms with van der Waals surface area (Å²) >= 11 is 0. The van der Waals surface area contributed by atoms with Gasteiger partial charge < -0.3 is 14.8 Å². The lowest BCUT2D eigenvalue weighted by molar-refractivity contribution is 0.00294. The van der Waals surface area contributed by atoms with Crippen LogP contribution in [0.3, 0.4) is 0 Å². The molecule has 0 bridgehead atoms. The maximum absolute atomic E-state index is 5.82. The molecule has 3 nitrogen and oxygen atoms in total. The van der Waals surface area contributed by atoms with Crippen molar-refractivity contribution in [3.63, 3.8) is 0 Å². The molecule has 0 amide bonds. The van der Waals surface area contributed by atoms with Crippen LogP contribution in [0.25, 0.3) is 0 Å². The van der Waals surface area contributed by atoms with E-state index in [2.05, 4.69) is 44.3 Å². The molecule has 1 saturated carbocycles. The van der Waals surface area contributed by atoms with Crippen molar-refractivity contribution in [2.75, 3.05) is 18.5 Å². The minimum absolute atomic E-state index is 0.438. The summed E-state index contributed by atoms with van der Waals surface area (Å²) in [6, 6.07) is 6.87. The molecule has 0 saturated heterocycles. The summed E-state index contributed by atoms with van der Waals surface area (Å²) in [5, 5.41) is 3.57. The molecule has 0 spiro atoms. The standard InChI is InChI=1S/C16H25NO2/c1-4-8-19-16-9-12(3)6-7-15(16)17-13-10-14(11-13)18-5-2/h6-7,9,13-14,17H,4-5,8,10-11H2,1-3H3. The van der Waals surface area contributed by atoms with Gasteiger partial charge in [0.2, 0.25) is 0 Å². The molecule has 0 radical (unpaired) electrons. The molecule has 1 aliphatic rings. The Morgan fingerprint density at radius 1 is 1.26 bits per heavy atom. The Morgan fingerprint density at radius 3 is 2.74 bits per heavy atom. The van der Waals surface area contributed by atoms with Gasteiger partial charge in [0.25, 0.3) is 0 Å². The molecule has 1 aromatic rings. The van der Waals surface area contributed by atoms with Crippen LogP contribution < -0.4 is 10.1 Å². The second-order valence-corrected chi connectivity index (χ2v) is 5.24. The molecule has 2 rings (SSSR count). The summed E-state index contributed by atoms with van der Waals surface area (Å²) in [7, 11) is 0. The number of anilines is 1. The first kappa shape index (κ1) is 14.2. The molecule has 0 aromatic heterocycles. The van der Waals surface area contributed by atoms with Crippen molar-refractivity contribution in [1.29, 1.82) is 0 Å². The third-order valence-corrected chi connectivity index (χ3v) is 3.46. The zero-order chi connectivity index (χ0) is 13.7. The first-order chi connectivity index (χ1) is 9.22. The van der Waals surface area contributed by atoms with Gasteiger partial charge in [-0.3, -0.25) is 0 Å². The van der Waals surface area contributed by atoms with Gasteiger partial charge in [-0.2, -0.15) is 0 Å². The monoisotopic (exact) mass is 263 g/mol. The van der Waals surface area contributed by atoms with Gasteiger partial charge in [-0.15, -0.1) is 0 Å². The summed E-state index contributed by atoms with van der Waals surface area (Å²) in [4.78, 5) is 0. The second-order valence-electron chi connectivity index (χ2n) is 5.24. The smallest absolute Gasteiger partial charge is 0.142 e. The fraction of sp³-hybridized carbons (Fsp3) is 0.625. The van der Waals surface area contributed by atoms with Crippen LogP contribution in [0, 0.1) is 6.92 Å². The number of benzene rings is 1. The van der Waals surface area contributed by atoms with Gasteiger partial charge in [0.05, 0.1) is 18.4 Å². The second kappa shape index (κ2) is 6.80. The van der Waals surface area contributed by atoms with Crippen molar-refractivity contribution in [2.24, 2.45) is 0 Å². The maximum Gasteiger partial charge on any atom is 0.142 e. The Morgan fingerprint density at radius 2 is 2.05 bits per heavy atom. The number of aryl methyl sites for hydroxylation is 1. The molecule has 0 atom stereocenters. The first-order valence-electron chi connectivity index (χ1n) is 7.34. The molecule has 1 aromatic carbocycles. The van der Waals surface area contributed by atoms with Gasteiger partial charge in [-0.1, -0.05) is 13.0 Å². The van der Waals surface area contributed by atoms with E-state index in [4.69, 9.17) is 9.47 Å². The van der Waals surface area contributed by atoms with Crippen LogP contribution in [-0.2, 0) is 4.74 Å². The topological polar surface area (TPSA) is 30.5 Å². The number of hydrogen-bond donors (Lipinski definition) is 1. The average molecular weight is 263 g/mol. The molecular formula is C16H25NO2. The van der Waals surface area contributed by atoms with Gasteiger partial charge in [-0.25, -0.2) is 0 Å². The third-order valence-electron chi connectivity index (χ3n) is 3.46. The van der Waals surface area contributed by atoms with Crippen molar-refractivity contribution in [2.45, 2.75) is 52.2 Å². The normalized spacial score (nSPS) is 21.8. The molecule has 0 aliphatic heterocycles. The predicted octanol–water partition coefficient (Wildman–Crippen LogP) is 3.76. The predicted molar refractivity (Wildman–Crippen MR) is 79.0 cm³/mol. The Hall–Kier alpha value is -1.22. The third kappa shape index (κ3) is 3.87. The van der Waals surface area contributed by atoms with Crippen molar-refractivity contribution < 1.29 is 9.47 Å². The van der Waals surface area contributed by atoms with Gasteiger partial charge in [0.15, 0.2) is 0 Å². The van der Waals surface area contributed by atoms with Crippen LogP contribution in [0.5, 0.6) is 5.75 Å². The van der Waals surface area contributed by atoms with Crippen LogP contribution in [0.15, 0.2) is 18.2 Å². The molecule has 3 heteroatoms. The highest BCUT2D eigenvalue weighted by Gasteiger charge is 2.29. The number of rotatable bonds is 7. The molecule has 1 fully saturated rings. The SMILES string of the molecule is CCCOc1cc(C)ccc1NC1CC(OCC)C1. The van der Waals surface area contributed by atoms with Crippen LogP contribution in [0.1, 0.15) is 38.7 Å². The van der Waals surface area contributed by atoms with Crippen molar-refractivity contribution in [3.8, 4) is 5.75 Å². The van der Waals surface area contributed by atoms with Crippen molar-refractivity contribution >= 4 is 5.69 Å². The van der Waals surface area contributed by atoms with E-state index in [9.17, 15) is 0 Å². The lowest BCUT2D eigenvalue weighted by atomic mass is 9.89. The zero-order valence-electron chi connectivity index (χ0n) is 12.2. The average Bonchev–Trinajstić information content (AvgIpc) is 2.36. The minimum atomic E-state index is 0.438. The molecule has 19 heavy (non-hydrogen) atoms. The van der Waals surface area contributed by atoms with Gasteiger partial charge >= 0.3 is 0 Å². The molecule has 0 heterocycles. The minimum Gasteiger partial charge on any atom is -0.491 e. The fourth-order valence-corrected chi connectivity index (χ4v) is 2.36. The Bertz CT molecular complexity index is 400. The Kier molecular flexibility index (Phi) is 5.08. The van der Waals surface area contributed by atoms with Gasteiger partial charge in [-0.05, 0) is 50.8 Å². The molecule has 1 aliphatic carbocycles. The highest BCUT2D eigenvalue weighted by Crippen LogP contribution is 2.32. The quantitative estimate of drug-likeness (QED) is 0.812. The van der Waals surface area contributed by atoms with E-state index >= 15 is 0 Å². The zero-order valence-corrected chi connectivity index (χ0v) is 12.2. The van der Waals surface area contributed by atoms with Gasteiger partial charge in [0.1, 0.15) is 5.75 Å². The number of ether oxygens (including phenoxy) is 2. The number of nitrogens with one attached hydrogen (secondary N) is 1. The van der Waals surface area contributed by atoms with Crippen LogP contribution in [0.4, 0.5) is 5.69 Å². The summed E-state index contributed by atoms with van der Waals surface area (Å²) < 4.78 is 11.4. The molecule has 1 N–H and O–H groups in total. The largest absolute Gasteiger partial charge is 0.491 e. The fourth-order valence-electron chi connectivity index (χ4n) is 2.36. The molecule has 0 unspecified atom stereocenters. The highest BCUT2D eigenvalue weighted by molar-refractivity contribution is 5.58. The highest BCUT2D eigenvalue weighted by atomic mass is 16.5. The van der Waals surface area contributed by atoms with Crippen LogP contribution in [-0.4, -0.2) is 25.4 Å². The van der Waals surface area contributed by atoms with E-state index in [1.165, 1.54) is 5.56 Å². The molecular weight excluding hydrogens is 238 g/mol. The molecule has 106 valence electrons. The summed E-state index contributed by atoms with van der Waals surface area (Å²) in [6.07, 6.45) is 3.65. The van der Waals surface area contributed by atoms with E-state index in [-0.39, 0.29) is 0 Å². The van der Waals surface area contributed by atoms with E-state index in [0.29, 0.717) is 12.1 Å². The lowest BCUT2D eigenvalue weighted by Crippen LogP contribution is -2.40. The Balaban J connectivity index is 1.92. The Labute approximate surface area is 116 Å². The first-order valence-corrected chi connectivity index (χ1v) is 7.34. The van der Waals surface area contributed by atoms with Crippen LogP contribution in [0.2, 0.25) is 0 Å². The van der Waals surface area contributed by atoms with E-state index in [1.807, 2.05) is 0 Å². The van der Waals surface area contributed by atoms with Crippen molar-refractivity contribution in [1.82, 2.24) is 0 Å². The van der Waals surface area contributed by atoms with E-state index in [0.717, 1.165) is 43.9 Å². The van der Waals surface area contributed by atoms with E-state index in [1.54, 1.807) is 0 Å².